The van der Waals surface area contributed by atoms with Crippen LogP contribution in [0.25, 0.3) is 0 Å². The number of rotatable bonds is 5. The summed E-state index contributed by atoms with van der Waals surface area (Å²) in [4.78, 5) is 0.146. The molecule has 0 spiro atoms. The molecule has 18 heavy (non-hydrogen) atoms. The number of benzene rings is 1. The van der Waals surface area contributed by atoms with Gasteiger partial charge in [-0.05, 0) is 44.0 Å². The molecule has 0 radical (unpaired) electrons. The van der Waals surface area contributed by atoms with Crippen LogP contribution in [0, 0.1) is 13.8 Å². The lowest BCUT2D eigenvalue weighted by molar-refractivity contribution is 0.319. The molecule has 0 saturated heterocycles. The van der Waals surface area contributed by atoms with Crippen molar-refractivity contribution < 1.29 is 13.2 Å². The summed E-state index contributed by atoms with van der Waals surface area (Å²) in [6.45, 7) is 9.81. The summed E-state index contributed by atoms with van der Waals surface area (Å²) < 4.78 is 28.3. The molecule has 5 heteroatoms. The molecule has 0 saturated carbocycles. The van der Waals surface area contributed by atoms with Crippen LogP contribution in [0.5, 0.6) is 5.75 Å². The summed E-state index contributed by atoms with van der Waals surface area (Å²) in [6, 6.07) is 3.12. The van der Waals surface area contributed by atoms with E-state index in [0.717, 1.165) is 17.6 Å². The molecule has 1 rings (SSSR count). The summed E-state index contributed by atoms with van der Waals surface area (Å²) in [5.41, 5.74) is 2.47. The Kier molecular flexibility index (Phi) is 4.53. The first kappa shape index (κ1) is 14.7. The molecule has 0 aromatic heterocycles. The Bertz CT molecular complexity index is 562. The van der Waals surface area contributed by atoms with Gasteiger partial charge in [-0.15, -0.1) is 6.58 Å². The summed E-state index contributed by atoms with van der Waals surface area (Å²) in [7, 11) is -3.68. The lowest BCUT2D eigenvalue weighted by Gasteiger charge is -2.13. The van der Waals surface area contributed by atoms with Crippen molar-refractivity contribution in [1.29, 1.82) is 0 Å². The van der Waals surface area contributed by atoms with Gasteiger partial charge in [-0.2, -0.15) is 0 Å². The molecule has 2 N–H and O–H groups in total. The van der Waals surface area contributed by atoms with Crippen molar-refractivity contribution in [2.75, 3.05) is 6.61 Å². The Balaban J connectivity index is 2.98. The third kappa shape index (κ3) is 3.58. The molecule has 1 aromatic carbocycles. The highest BCUT2D eigenvalue weighted by molar-refractivity contribution is 7.89. The zero-order valence-corrected chi connectivity index (χ0v) is 11.8. The van der Waals surface area contributed by atoms with Crippen molar-refractivity contribution >= 4 is 10.0 Å². The van der Waals surface area contributed by atoms with Crippen LogP contribution in [0.4, 0.5) is 0 Å². The molecule has 0 aliphatic rings. The van der Waals surface area contributed by atoms with Crippen molar-refractivity contribution in [3.63, 3.8) is 0 Å². The molecule has 0 heterocycles. The van der Waals surface area contributed by atoms with Gasteiger partial charge in [-0.25, -0.2) is 13.6 Å². The van der Waals surface area contributed by atoms with Crippen LogP contribution in [-0.2, 0) is 10.0 Å². The summed E-state index contributed by atoms with van der Waals surface area (Å²) >= 11 is 0. The van der Waals surface area contributed by atoms with E-state index >= 15 is 0 Å². The Labute approximate surface area is 109 Å². The van der Waals surface area contributed by atoms with E-state index in [-0.39, 0.29) is 4.90 Å². The van der Waals surface area contributed by atoms with E-state index in [1.807, 2.05) is 13.8 Å². The molecule has 100 valence electrons. The predicted octanol–water partition coefficient (Wildman–Crippen LogP) is 2.30. The van der Waals surface area contributed by atoms with Crippen LogP contribution in [0.15, 0.2) is 29.2 Å². The van der Waals surface area contributed by atoms with Gasteiger partial charge in [0.25, 0.3) is 0 Å². The topological polar surface area (TPSA) is 69.4 Å². The lowest BCUT2D eigenvalue weighted by Crippen LogP contribution is -2.14. The minimum Gasteiger partial charge on any atom is -0.493 e. The van der Waals surface area contributed by atoms with Crippen LogP contribution in [0.3, 0.4) is 0 Å². The summed E-state index contributed by atoms with van der Waals surface area (Å²) in [5.74, 6) is 0.682. The van der Waals surface area contributed by atoms with Gasteiger partial charge < -0.3 is 4.74 Å². The second kappa shape index (κ2) is 5.54. The quantitative estimate of drug-likeness (QED) is 0.834. The van der Waals surface area contributed by atoms with E-state index < -0.39 is 10.0 Å². The average Bonchev–Trinajstić information content (AvgIpc) is 2.22. The van der Waals surface area contributed by atoms with Crippen LogP contribution in [0.2, 0.25) is 0 Å². The number of hydrogen-bond donors (Lipinski definition) is 1. The largest absolute Gasteiger partial charge is 0.493 e. The molecule has 4 nitrogen and oxygen atoms in total. The van der Waals surface area contributed by atoms with Crippen LogP contribution in [0.1, 0.15) is 24.5 Å². The highest BCUT2D eigenvalue weighted by Gasteiger charge is 2.15. The first-order valence-electron chi connectivity index (χ1n) is 5.63. The molecule has 0 aliphatic carbocycles. The average molecular weight is 269 g/mol. The minimum atomic E-state index is -3.68. The Hall–Kier alpha value is -1.33. The van der Waals surface area contributed by atoms with Crippen molar-refractivity contribution in [3.05, 3.63) is 35.4 Å². The Morgan fingerprint density at radius 1 is 1.33 bits per heavy atom. The number of primary sulfonamides is 1. The third-order valence-corrected chi connectivity index (χ3v) is 3.84. The molecule has 0 amide bonds. The van der Waals surface area contributed by atoms with Crippen LogP contribution < -0.4 is 9.88 Å². The summed E-state index contributed by atoms with van der Waals surface area (Å²) in [6.07, 6.45) is 0.773. The monoisotopic (exact) mass is 269 g/mol. The van der Waals surface area contributed by atoms with Gasteiger partial charge >= 0.3 is 0 Å². The van der Waals surface area contributed by atoms with E-state index in [0.29, 0.717) is 17.9 Å². The molecule has 0 fully saturated rings. The zero-order chi connectivity index (χ0) is 13.9. The number of ether oxygens (including phenoxy) is 1. The molecule has 1 aromatic rings. The molecule has 0 bridgehead atoms. The van der Waals surface area contributed by atoms with Crippen molar-refractivity contribution in [1.82, 2.24) is 0 Å². The zero-order valence-electron chi connectivity index (χ0n) is 11.0. The van der Waals surface area contributed by atoms with Crippen molar-refractivity contribution in [2.45, 2.75) is 32.1 Å². The van der Waals surface area contributed by atoms with Gasteiger partial charge in [-0.1, -0.05) is 5.57 Å². The second-order valence-corrected chi connectivity index (χ2v) is 5.94. The fraction of sp³-hybridized carbons (Fsp3) is 0.385. The van der Waals surface area contributed by atoms with E-state index in [9.17, 15) is 8.42 Å². The van der Waals surface area contributed by atoms with E-state index in [1.165, 1.54) is 6.07 Å². The number of nitrogens with two attached hydrogens (primary N) is 1. The van der Waals surface area contributed by atoms with Gasteiger partial charge in [0, 0.05) is 6.42 Å². The van der Waals surface area contributed by atoms with Gasteiger partial charge in [0.15, 0.2) is 0 Å². The maximum absolute atomic E-state index is 11.3. The fourth-order valence-electron chi connectivity index (χ4n) is 1.57. The lowest BCUT2D eigenvalue weighted by atomic mass is 10.1. The maximum Gasteiger partial charge on any atom is 0.238 e. The predicted molar refractivity (Wildman–Crippen MR) is 72.2 cm³/mol. The first-order valence-corrected chi connectivity index (χ1v) is 7.18. The normalized spacial score (nSPS) is 11.3. The van der Waals surface area contributed by atoms with E-state index in [1.54, 1.807) is 13.0 Å². The smallest absolute Gasteiger partial charge is 0.238 e. The van der Waals surface area contributed by atoms with E-state index in [2.05, 4.69) is 6.58 Å². The van der Waals surface area contributed by atoms with Gasteiger partial charge in [-0.3, -0.25) is 0 Å². The molecular weight excluding hydrogens is 250 g/mol. The Morgan fingerprint density at radius 3 is 2.44 bits per heavy atom. The standard InChI is InChI=1S/C13H19NO3S/c1-9(2)7-8-17-12-5-6-13(18(14,15)16)11(4)10(12)3/h5-6H,1,7-8H2,2-4H3,(H2,14,15,16). The first-order chi connectivity index (χ1) is 8.23. The maximum atomic E-state index is 11.3. The van der Waals surface area contributed by atoms with E-state index in [4.69, 9.17) is 9.88 Å². The SMILES string of the molecule is C=C(C)CCOc1ccc(S(N)(=O)=O)c(C)c1C. The Morgan fingerprint density at radius 2 is 1.94 bits per heavy atom. The molecule has 0 unspecified atom stereocenters. The molecule has 0 atom stereocenters. The fourth-order valence-corrected chi connectivity index (χ4v) is 2.41. The minimum absolute atomic E-state index is 0.146. The molecular formula is C13H19NO3S. The van der Waals surface area contributed by atoms with Gasteiger partial charge in [0.05, 0.1) is 11.5 Å². The molecule has 0 aliphatic heterocycles. The number of hydrogen-bond acceptors (Lipinski definition) is 3. The van der Waals surface area contributed by atoms with Crippen molar-refractivity contribution in [2.24, 2.45) is 5.14 Å². The highest BCUT2D eigenvalue weighted by atomic mass is 32.2. The summed E-state index contributed by atoms with van der Waals surface area (Å²) in [5, 5.41) is 5.14. The number of sulfonamides is 1. The van der Waals surface area contributed by atoms with Gasteiger partial charge in [0.1, 0.15) is 5.75 Å². The highest BCUT2D eigenvalue weighted by Crippen LogP contribution is 2.26. The van der Waals surface area contributed by atoms with Gasteiger partial charge in [0.2, 0.25) is 10.0 Å². The second-order valence-electron chi connectivity index (χ2n) is 4.41. The van der Waals surface area contributed by atoms with Crippen LogP contribution >= 0.6 is 0 Å². The van der Waals surface area contributed by atoms with Crippen molar-refractivity contribution in [3.8, 4) is 5.75 Å². The van der Waals surface area contributed by atoms with Crippen LogP contribution in [-0.4, -0.2) is 15.0 Å². The third-order valence-electron chi connectivity index (χ3n) is 2.78.